The third kappa shape index (κ3) is 4.22. The van der Waals surface area contributed by atoms with Gasteiger partial charge in [-0.15, -0.1) is 0 Å². The number of nitrogens with one attached hydrogen (secondary N) is 1. The monoisotopic (exact) mass is 230 g/mol. The van der Waals surface area contributed by atoms with Gasteiger partial charge in [0.2, 0.25) is 5.91 Å². The Morgan fingerprint density at radius 1 is 1.60 bits per heavy atom. The van der Waals surface area contributed by atoms with Crippen molar-refractivity contribution in [1.29, 1.82) is 0 Å². The van der Waals surface area contributed by atoms with Crippen molar-refractivity contribution in [1.82, 2.24) is 5.32 Å². The topological polar surface area (TPSA) is 50.7 Å². The predicted molar refractivity (Wildman–Crippen MR) is 63.2 cm³/mol. The van der Waals surface area contributed by atoms with Crippen LogP contribution in [0.1, 0.15) is 26.2 Å². The molecule has 0 bridgehead atoms. The van der Waals surface area contributed by atoms with E-state index in [0.29, 0.717) is 13.2 Å². The number of amidine groups is 1. The van der Waals surface area contributed by atoms with Crippen LogP contribution in [0.4, 0.5) is 0 Å². The summed E-state index contributed by atoms with van der Waals surface area (Å²) in [7, 11) is 1.64. The molecule has 1 amide bonds. The molecule has 4 nitrogen and oxygen atoms in total. The van der Waals surface area contributed by atoms with E-state index >= 15 is 0 Å². The first-order valence-corrected chi connectivity index (χ1v) is 6.16. The highest BCUT2D eigenvalue weighted by molar-refractivity contribution is 8.15. The zero-order valence-electron chi connectivity index (χ0n) is 9.28. The molecule has 0 spiro atoms. The van der Waals surface area contributed by atoms with Crippen LogP contribution >= 0.6 is 11.8 Å². The van der Waals surface area contributed by atoms with Crippen LogP contribution in [0.25, 0.3) is 0 Å². The van der Waals surface area contributed by atoms with Gasteiger partial charge in [0, 0.05) is 7.11 Å². The Kier molecular flexibility index (Phi) is 5.71. The Morgan fingerprint density at radius 3 is 3.07 bits per heavy atom. The van der Waals surface area contributed by atoms with Crippen molar-refractivity contribution < 1.29 is 9.53 Å². The molecule has 1 unspecified atom stereocenters. The number of unbranched alkanes of at least 4 members (excludes halogenated alkanes) is 1. The number of hydrogen-bond acceptors (Lipinski definition) is 4. The summed E-state index contributed by atoms with van der Waals surface area (Å²) in [5.74, 6) is 0.101. The summed E-state index contributed by atoms with van der Waals surface area (Å²) in [6, 6.07) is 0. The van der Waals surface area contributed by atoms with E-state index in [1.165, 1.54) is 0 Å². The quantitative estimate of drug-likeness (QED) is 0.702. The maximum absolute atomic E-state index is 11.5. The fraction of sp³-hybridized carbons (Fsp3) is 0.800. The lowest BCUT2D eigenvalue weighted by Gasteiger charge is -2.01. The second-order valence-corrected chi connectivity index (χ2v) is 4.61. The van der Waals surface area contributed by atoms with E-state index < -0.39 is 0 Å². The highest BCUT2D eigenvalue weighted by Crippen LogP contribution is 2.23. The van der Waals surface area contributed by atoms with Gasteiger partial charge in [-0.2, -0.15) is 0 Å². The van der Waals surface area contributed by atoms with Gasteiger partial charge in [-0.3, -0.25) is 9.79 Å². The third-order valence-corrected chi connectivity index (χ3v) is 3.34. The van der Waals surface area contributed by atoms with Gasteiger partial charge in [-0.05, 0) is 6.42 Å². The normalized spacial score (nSPS) is 23.5. The Hall–Kier alpha value is -0.550. The van der Waals surface area contributed by atoms with E-state index in [1.54, 1.807) is 18.9 Å². The van der Waals surface area contributed by atoms with Gasteiger partial charge in [-0.25, -0.2) is 0 Å². The average Bonchev–Trinajstić information content (AvgIpc) is 2.57. The lowest BCUT2D eigenvalue weighted by Crippen LogP contribution is -2.25. The van der Waals surface area contributed by atoms with Crippen LogP contribution in [0.2, 0.25) is 0 Å². The minimum atomic E-state index is 0.0613. The number of amides is 1. The number of ether oxygens (including phenoxy) is 1. The Morgan fingerprint density at radius 2 is 2.40 bits per heavy atom. The Balaban J connectivity index is 2.34. The maximum atomic E-state index is 11.5. The molecule has 15 heavy (non-hydrogen) atoms. The first-order chi connectivity index (χ1) is 7.27. The third-order valence-electron chi connectivity index (χ3n) is 2.15. The second-order valence-electron chi connectivity index (χ2n) is 3.42. The first kappa shape index (κ1) is 12.5. The lowest BCUT2D eigenvalue weighted by molar-refractivity contribution is -0.118. The second kappa shape index (κ2) is 6.85. The summed E-state index contributed by atoms with van der Waals surface area (Å²) in [6.07, 6.45) is 3.16. The van der Waals surface area contributed by atoms with Crippen molar-refractivity contribution in [3.05, 3.63) is 0 Å². The molecule has 1 rings (SSSR count). The number of methoxy groups -OCH3 is 1. The van der Waals surface area contributed by atoms with Crippen molar-refractivity contribution in [2.45, 2.75) is 31.4 Å². The van der Waals surface area contributed by atoms with Crippen LogP contribution in [-0.4, -0.2) is 36.6 Å². The van der Waals surface area contributed by atoms with Crippen LogP contribution in [0.5, 0.6) is 0 Å². The molecule has 1 fully saturated rings. The molecule has 0 aliphatic carbocycles. The molecule has 86 valence electrons. The number of nitrogens with zero attached hydrogens (tertiary/aromatic N) is 1. The highest BCUT2D eigenvalue weighted by atomic mass is 32.2. The van der Waals surface area contributed by atoms with Crippen LogP contribution < -0.4 is 5.32 Å². The van der Waals surface area contributed by atoms with Crippen molar-refractivity contribution in [2.24, 2.45) is 4.99 Å². The van der Waals surface area contributed by atoms with Gasteiger partial charge in [0.1, 0.15) is 0 Å². The zero-order chi connectivity index (χ0) is 11.1. The van der Waals surface area contributed by atoms with E-state index in [2.05, 4.69) is 17.2 Å². The standard InChI is InChI=1S/C10H18N2O2S/c1-3-4-5-8-9(13)12-10(15-8)11-6-7-14-2/h8H,3-7H2,1-2H3,(H,11,12,13). The first-order valence-electron chi connectivity index (χ1n) is 5.28. The van der Waals surface area contributed by atoms with Gasteiger partial charge in [0.15, 0.2) is 5.17 Å². The fourth-order valence-corrected chi connectivity index (χ4v) is 2.34. The van der Waals surface area contributed by atoms with Gasteiger partial charge >= 0.3 is 0 Å². The summed E-state index contributed by atoms with van der Waals surface area (Å²) in [5, 5.41) is 3.60. The van der Waals surface area contributed by atoms with Crippen LogP contribution in [0, 0.1) is 0 Å². The smallest absolute Gasteiger partial charge is 0.239 e. The highest BCUT2D eigenvalue weighted by Gasteiger charge is 2.28. The molecule has 0 radical (unpaired) electrons. The average molecular weight is 230 g/mol. The number of aliphatic imine (C=N–C) groups is 1. The summed E-state index contributed by atoms with van der Waals surface area (Å²) >= 11 is 1.54. The van der Waals surface area contributed by atoms with Crippen LogP contribution in [0.15, 0.2) is 4.99 Å². The Labute approximate surface area is 94.9 Å². The van der Waals surface area contributed by atoms with E-state index in [1.807, 2.05) is 0 Å². The molecular formula is C10H18N2O2S. The molecule has 0 aromatic heterocycles. The summed E-state index contributed by atoms with van der Waals surface area (Å²) in [6.45, 7) is 3.34. The van der Waals surface area contributed by atoms with Gasteiger partial charge in [0.05, 0.1) is 18.4 Å². The SMILES string of the molecule is CCCCC1SC(=NCCOC)NC1=O. The molecular weight excluding hydrogens is 212 g/mol. The van der Waals surface area contributed by atoms with Crippen molar-refractivity contribution in [3.63, 3.8) is 0 Å². The van der Waals surface area contributed by atoms with Crippen molar-refractivity contribution in [3.8, 4) is 0 Å². The predicted octanol–water partition coefficient (Wildman–Crippen LogP) is 1.41. The molecule has 1 aliphatic heterocycles. The van der Waals surface area contributed by atoms with E-state index in [4.69, 9.17) is 4.74 Å². The molecule has 1 N–H and O–H groups in total. The number of rotatable bonds is 6. The lowest BCUT2D eigenvalue weighted by atomic mass is 10.2. The molecule has 1 heterocycles. The van der Waals surface area contributed by atoms with Crippen molar-refractivity contribution in [2.75, 3.05) is 20.3 Å². The van der Waals surface area contributed by atoms with Gasteiger partial charge in [-0.1, -0.05) is 31.5 Å². The van der Waals surface area contributed by atoms with E-state index in [0.717, 1.165) is 24.4 Å². The number of carbonyl (C=O) groups is 1. The molecule has 0 aromatic carbocycles. The number of carbonyl (C=O) groups excluding carboxylic acids is 1. The Bertz CT molecular complexity index is 244. The molecule has 5 heteroatoms. The maximum Gasteiger partial charge on any atom is 0.239 e. The summed E-state index contributed by atoms with van der Waals surface area (Å²) in [4.78, 5) is 15.7. The molecule has 1 saturated heterocycles. The van der Waals surface area contributed by atoms with Gasteiger partial charge < -0.3 is 10.1 Å². The number of hydrogen-bond donors (Lipinski definition) is 1. The molecule has 1 aliphatic rings. The molecule has 0 aromatic rings. The van der Waals surface area contributed by atoms with Crippen LogP contribution in [-0.2, 0) is 9.53 Å². The molecule has 1 atom stereocenters. The van der Waals surface area contributed by atoms with E-state index in [-0.39, 0.29) is 11.2 Å². The minimum Gasteiger partial charge on any atom is -0.383 e. The summed E-state index contributed by atoms with van der Waals surface area (Å²) in [5.41, 5.74) is 0. The van der Waals surface area contributed by atoms with Crippen LogP contribution in [0.3, 0.4) is 0 Å². The largest absolute Gasteiger partial charge is 0.383 e. The zero-order valence-corrected chi connectivity index (χ0v) is 10.1. The number of thioether (sulfide) groups is 1. The molecule has 0 saturated carbocycles. The van der Waals surface area contributed by atoms with Gasteiger partial charge in [0.25, 0.3) is 0 Å². The minimum absolute atomic E-state index is 0.0613. The fourth-order valence-electron chi connectivity index (χ4n) is 1.30. The summed E-state index contributed by atoms with van der Waals surface area (Å²) < 4.78 is 4.89. The van der Waals surface area contributed by atoms with E-state index in [9.17, 15) is 4.79 Å². The van der Waals surface area contributed by atoms with Crippen molar-refractivity contribution >= 4 is 22.8 Å².